The number of rotatable bonds is 2. The van der Waals surface area contributed by atoms with Gasteiger partial charge in [0, 0.05) is 0 Å². The summed E-state index contributed by atoms with van der Waals surface area (Å²) in [5.74, 6) is 0. The van der Waals surface area contributed by atoms with Gasteiger partial charge in [-0.1, -0.05) is 37.3 Å². The van der Waals surface area contributed by atoms with Crippen LogP contribution in [0, 0.1) is 0 Å². The Balaban J connectivity index is 0.00000121. The first-order chi connectivity index (χ1) is 5.17. The monoisotopic (exact) mass is 187 g/mol. The Hall–Kier alpha value is -0.570. The molecule has 0 saturated carbocycles. The zero-order valence-corrected chi connectivity index (χ0v) is 7.84. The highest BCUT2D eigenvalue weighted by Gasteiger charge is 2.19. The normalized spacial score (nSPS) is 14.6. The SMILES string of the molecule is CC[C@@](N)(O)c1ccccc1.Cl. The molecule has 1 aromatic carbocycles. The van der Waals surface area contributed by atoms with Gasteiger partial charge in [0.25, 0.3) is 0 Å². The summed E-state index contributed by atoms with van der Waals surface area (Å²) in [5.41, 5.74) is 5.19. The molecule has 0 radical (unpaired) electrons. The quantitative estimate of drug-likeness (QED) is 0.692. The maximum atomic E-state index is 9.57. The molecule has 68 valence electrons. The van der Waals surface area contributed by atoms with Gasteiger partial charge in [0.2, 0.25) is 0 Å². The van der Waals surface area contributed by atoms with E-state index in [9.17, 15) is 5.11 Å². The van der Waals surface area contributed by atoms with E-state index in [0.29, 0.717) is 6.42 Å². The number of hydrogen-bond acceptors (Lipinski definition) is 2. The fraction of sp³-hybridized carbons (Fsp3) is 0.333. The van der Waals surface area contributed by atoms with Crippen molar-refractivity contribution >= 4 is 12.4 Å². The average Bonchev–Trinajstić information content (AvgIpc) is 2.06. The molecule has 0 saturated heterocycles. The van der Waals surface area contributed by atoms with E-state index < -0.39 is 5.72 Å². The molecular formula is C9H14ClNO. The molecule has 0 aliphatic heterocycles. The van der Waals surface area contributed by atoms with Gasteiger partial charge in [0.15, 0.2) is 0 Å². The van der Waals surface area contributed by atoms with Crippen molar-refractivity contribution in [1.29, 1.82) is 0 Å². The van der Waals surface area contributed by atoms with Gasteiger partial charge in [-0.3, -0.25) is 5.73 Å². The van der Waals surface area contributed by atoms with E-state index in [0.717, 1.165) is 5.56 Å². The summed E-state index contributed by atoms with van der Waals surface area (Å²) in [6.07, 6.45) is 0.525. The van der Waals surface area contributed by atoms with Gasteiger partial charge in [0.05, 0.1) is 0 Å². The van der Waals surface area contributed by atoms with Crippen molar-refractivity contribution in [3.8, 4) is 0 Å². The van der Waals surface area contributed by atoms with Crippen molar-refractivity contribution in [3.05, 3.63) is 35.9 Å². The highest BCUT2D eigenvalue weighted by Crippen LogP contribution is 2.17. The zero-order chi connectivity index (χ0) is 8.32. The lowest BCUT2D eigenvalue weighted by Crippen LogP contribution is -2.35. The molecule has 0 aromatic heterocycles. The summed E-state index contributed by atoms with van der Waals surface area (Å²) in [6, 6.07) is 9.27. The number of benzene rings is 1. The highest BCUT2D eigenvalue weighted by molar-refractivity contribution is 5.85. The van der Waals surface area contributed by atoms with Crippen LogP contribution >= 0.6 is 12.4 Å². The minimum absolute atomic E-state index is 0. The molecule has 1 rings (SSSR count). The molecule has 0 spiro atoms. The largest absolute Gasteiger partial charge is 0.372 e. The van der Waals surface area contributed by atoms with Crippen LogP contribution in [0.15, 0.2) is 30.3 Å². The molecular weight excluding hydrogens is 174 g/mol. The summed E-state index contributed by atoms with van der Waals surface area (Å²) < 4.78 is 0. The average molecular weight is 188 g/mol. The second kappa shape index (κ2) is 4.45. The fourth-order valence-corrected chi connectivity index (χ4v) is 0.931. The van der Waals surface area contributed by atoms with Crippen LogP contribution in [0.2, 0.25) is 0 Å². The van der Waals surface area contributed by atoms with Crippen LogP contribution in [0.4, 0.5) is 0 Å². The van der Waals surface area contributed by atoms with Gasteiger partial charge in [-0.15, -0.1) is 12.4 Å². The van der Waals surface area contributed by atoms with Gasteiger partial charge in [-0.05, 0) is 12.0 Å². The molecule has 0 amide bonds. The molecule has 0 bridgehead atoms. The van der Waals surface area contributed by atoms with Crippen LogP contribution in [0.25, 0.3) is 0 Å². The van der Waals surface area contributed by atoms with E-state index >= 15 is 0 Å². The fourth-order valence-electron chi connectivity index (χ4n) is 0.931. The lowest BCUT2D eigenvalue weighted by atomic mass is 10.0. The Kier molecular flexibility index (Phi) is 4.24. The topological polar surface area (TPSA) is 46.2 Å². The maximum Gasteiger partial charge on any atom is 0.139 e. The standard InChI is InChI=1S/C9H13NO.ClH/c1-2-9(10,11)8-6-4-3-5-7-8;/h3-7,11H,2,10H2,1H3;1H/t9-;/m1./s1. The molecule has 2 nitrogen and oxygen atoms in total. The summed E-state index contributed by atoms with van der Waals surface area (Å²) >= 11 is 0. The van der Waals surface area contributed by atoms with E-state index in [2.05, 4.69) is 0 Å². The predicted molar refractivity (Wildman–Crippen MR) is 52.1 cm³/mol. The summed E-state index contributed by atoms with van der Waals surface area (Å²) in [6.45, 7) is 1.85. The van der Waals surface area contributed by atoms with Gasteiger partial charge >= 0.3 is 0 Å². The molecule has 0 aliphatic rings. The van der Waals surface area contributed by atoms with Crippen molar-refractivity contribution < 1.29 is 5.11 Å². The number of nitrogens with two attached hydrogens (primary N) is 1. The van der Waals surface area contributed by atoms with Gasteiger partial charge in [0.1, 0.15) is 5.72 Å². The van der Waals surface area contributed by atoms with Crippen LogP contribution in [-0.4, -0.2) is 5.11 Å². The number of hydrogen-bond donors (Lipinski definition) is 2. The van der Waals surface area contributed by atoms with E-state index in [-0.39, 0.29) is 12.4 Å². The molecule has 0 fully saturated rings. The number of aliphatic hydroxyl groups is 1. The van der Waals surface area contributed by atoms with Crippen LogP contribution in [-0.2, 0) is 5.72 Å². The molecule has 0 unspecified atom stereocenters. The second-order valence-corrected chi connectivity index (χ2v) is 2.64. The first-order valence-corrected chi connectivity index (χ1v) is 3.73. The maximum absolute atomic E-state index is 9.57. The zero-order valence-electron chi connectivity index (χ0n) is 7.03. The molecule has 12 heavy (non-hydrogen) atoms. The Bertz CT molecular complexity index is 223. The van der Waals surface area contributed by atoms with E-state index in [1.165, 1.54) is 0 Å². The summed E-state index contributed by atoms with van der Waals surface area (Å²) in [5, 5.41) is 9.57. The van der Waals surface area contributed by atoms with Crippen LogP contribution in [0.1, 0.15) is 18.9 Å². The van der Waals surface area contributed by atoms with Crippen molar-refractivity contribution in [1.82, 2.24) is 0 Å². The summed E-state index contributed by atoms with van der Waals surface area (Å²) in [4.78, 5) is 0. The van der Waals surface area contributed by atoms with Crippen molar-refractivity contribution in [2.45, 2.75) is 19.1 Å². The van der Waals surface area contributed by atoms with Gasteiger partial charge < -0.3 is 5.11 Å². The number of halogens is 1. The predicted octanol–water partition coefficient (Wildman–Crippen LogP) is 1.62. The van der Waals surface area contributed by atoms with Crippen molar-refractivity contribution in [3.63, 3.8) is 0 Å². The smallest absolute Gasteiger partial charge is 0.139 e. The first-order valence-electron chi connectivity index (χ1n) is 3.73. The molecule has 1 aromatic rings. The van der Waals surface area contributed by atoms with E-state index in [1.807, 2.05) is 37.3 Å². The first kappa shape index (κ1) is 11.4. The Morgan fingerprint density at radius 3 is 2.25 bits per heavy atom. The molecule has 0 heterocycles. The third kappa shape index (κ3) is 2.48. The summed E-state index contributed by atoms with van der Waals surface area (Å²) in [7, 11) is 0. The molecule has 3 heteroatoms. The Labute approximate surface area is 78.8 Å². The molecule has 0 aliphatic carbocycles. The van der Waals surface area contributed by atoms with E-state index in [1.54, 1.807) is 0 Å². The lowest BCUT2D eigenvalue weighted by molar-refractivity contribution is 0.0395. The van der Waals surface area contributed by atoms with Crippen molar-refractivity contribution in [2.24, 2.45) is 5.73 Å². The molecule has 3 N–H and O–H groups in total. The minimum atomic E-state index is -1.17. The minimum Gasteiger partial charge on any atom is -0.372 e. The van der Waals surface area contributed by atoms with Crippen LogP contribution < -0.4 is 5.73 Å². The van der Waals surface area contributed by atoms with Crippen molar-refractivity contribution in [2.75, 3.05) is 0 Å². The Morgan fingerprint density at radius 2 is 1.83 bits per heavy atom. The van der Waals surface area contributed by atoms with Gasteiger partial charge in [-0.2, -0.15) is 0 Å². The third-order valence-corrected chi connectivity index (χ3v) is 1.81. The lowest BCUT2D eigenvalue weighted by Gasteiger charge is -2.21. The Morgan fingerprint density at radius 1 is 1.33 bits per heavy atom. The molecule has 1 atom stereocenters. The van der Waals surface area contributed by atoms with Crippen LogP contribution in [0.3, 0.4) is 0 Å². The highest BCUT2D eigenvalue weighted by atomic mass is 35.5. The van der Waals surface area contributed by atoms with E-state index in [4.69, 9.17) is 5.73 Å². The second-order valence-electron chi connectivity index (χ2n) is 2.64. The third-order valence-electron chi connectivity index (χ3n) is 1.81. The van der Waals surface area contributed by atoms with Gasteiger partial charge in [-0.25, -0.2) is 0 Å². The van der Waals surface area contributed by atoms with Crippen LogP contribution in [0.5, 0.6) is 0 Å².